The van der Waals surface area contributed by atoms with Gasteiger partial charge in [-0.3, -0.25) is 0 Å². The largest absolute Gasteiger partial charge is 0.459 e. The van der Waals surface area contributed by atoms with Crippen molar-refractivity contribution in [1.82, 2.24) is 4.98 Å². The monoisotopic (exact) mass is 322 g/mol. The molecule has 0 saturated carbocycles. The molecule has 0 spiro atoms. The van der Waals surface area contributed by atoms with Gasteiger partial charge >= 0.3 is 5.97 Å². The highest BCUT2D eigenvalue weighted by atomic mass is 16.5. The number of carbonyl (C=O) groups is 1. The lowest BCUT2D eigenvalue weighted by atomic mass is 9.93. The first kappa shape index (κ1) is 16.3. The van der Waals surface area contributed by atoms with Crippen molar-refractivity contribution in [2.45, 2.75) is 32.9 Å². The predicted molar refractivity (Wildman–Crippen MR) is 95.6 cm³/mol. The molecule has 0 radical (unpaired) electrons. The third-order valence-corrected chi connectivity index (χ3v) is 4.22. The van der Waals surface area contributed by atoms with E-state index in [-0.39, 0.29) is 6.61 Å². The van der Waals surface area contributed by atoms with E-state index in [9.17, 15) is 4.79 Å². The maximum absolute atomic E-state index is 12.6. The zero-order valence-corrected chi connectivity index (χ0v) is 14.2. The first-order valence-electron chi connectivity index (χ1n) is 7.98. The molecule has 0 amide bonds. The molecule has 0 fully saturated rings. The van der Waals surface area contributed by atoms with Gasteiger partial charge in [0.25, 0.3) is 0 Å². The van der Waals surface area contributed by atoms with Gasteiger partial charge in [-0.25, -0.2) is 4.79 Å². The molecule has 1 aromatic heterocycles. The first-order valence-corrected chi connectivity index (χ1v) is 7.98. The molecule has 24 heavy (non-hydrogen) atoms. The van der Waals surface area contributed by atoms with E-state index in [0.29, 0.717) is 0 Å². The second kappa shape index (κ2) is 6.13. The molecule has 3 rings (SSSR count). The highest BCUT2D eigenvalue weighted by Gasteiger charge is 2.34. The third-order valence-electron chi connectivity index (χ3n) is 4.22. The number of esters is 1. The molecule has 1 heterocycles. The summed E-state index contributed by atoms with van der Waals surface area (Å²) in [7, 11) is 0. The van der Waals surface area contributed by atoms with Crippen molar-refractivity contribution in [1.29, 1.82) is 0 Å². The molecule has 0 aliphatic heterocycles. The summed E-state index contributed by atoms with van der Waals surface area (Å²) in [5.41, 5.74) is 10.1. The Balaban J connectivity index is 1.80. The van der Waals surface area contributed by atoms with Crippen molar-refractivity contribution in [3.63, 3.8) is 0 Å². The molecule has 1 unspecified atom stereocenters. The summed E-state index contributed by atoms with van der Waals surface area (Å²) >= 11 is 0. The number of carbonyl (C=O) groups excluding carboxylic acids is 1. The van der Waals surface area contributed by atoms with Crippen LogP contribution in [0.25, 0.3) is 10.9 Å². The molecule has 3 aromatic rings. The van der Waals surface area contributed by atoms with Crippen molar-refractivity contribution in [3.05, 3.63) is 70.9 Å². The topological polar surface area (TPSA) is 68.1 Å². The Hall–Kier alpha value is -2.59. The number of nitrogens with two attached hydrogens (primary N) is 1. The minimum Gasteiger partial charge on any atom is -0.459 e. The average Bonchev–Trinajstić information content (AvgIpc) is 2.96. The third kappa shape index (κ3) is 3.05. The number of rotatable bonds is 4. The molecule has 4 nitrogen and oxygen atoms in total. The lowest BCUT2D eigenvalue weighted by molar-refractivity contribution is -0.151. The van der Waals surface area contributed by atoms with Crippen molar-refractivity contribution in [3.8, 4) is 0 Å². The predicted octanol–water partition coefficient (Wildman–Crippen LogP) is 3.70. The number of aromatic nitrogens is 1. The Morgan fingerprint density at radius 2 is 1.83 bits per heavy atom. The molecule has 0 saturated heterocycles. The number of hydrogen-bond acceptors (Lipinski definition) is 3. The number of fused-ring (bicyclic) bond motifs is 1. The van der Waals surface area contributed by atoms with Gasteiger partial charge in [0, 0.05) is 22.7 Å². The van der Waals surface area contributed by atoms with Crippen LogP contribution in [0.5, 0.6) is 0 Å². The van der Waals surface area contributed by atoms with Crippen LogP contribution in [0.15, 0.2) is 48.7 Å². The van der Waals surface area contributed by atoms with E-state index in [4.69, 9.17) is 10.5 Å². The molecule has 0 aliphatic rings. The molecule has 0 aliphatic carbocycles. The van der Waals surface area contributed by atoms with Gasteiger partial charge in [-0.05, 0) is 32.4 Å². The summed E-state index contributed by atoms with van der Waals surface area (Å²) in [6.45, 7) is 5.96. The maximum atomic E-state index is 12.6. The van der Waals surface area contributed by atoms with Crippen LogP contribution in [-0.4, -0.2) is 11.0 Å². The van der Waals surface area contributed by atoms with Crippen LogP contribution in [0.4, 0.5) is 0 Å². The number of benzene rings is 2. The van der Waals surface area contributed by atoms with Crippen LogP contribution in [0.1, 0.15) is 29.2 Å². The Labute approximate surface area is 141 Å². The first-order chi connectivity index (χ1) is 11.4. The van der Waals surface area contributed by atoms with E-state index in [1.165, 1.54) is 0 Å². The van der Waals surface area contributed by atoms with Gasteiger partial charge in [0.1, 0.15) is 12.1 Å². The van der Waals surface area contributed by atoms with E-state index < -0.39 is 11.5 Å². The second-order valence-electron chi connectivity index (χ2n) is 6.52. The molecular formula is C20H22N2O2. The smallest absolute Gasteiger partial charge is 0.330 e. The molecule has 124 valence electrons. The van der Waals surface area contributed by atoms with Crippen LogP contribution < -0.4 is 5.73 Å². The molecule has 3 N–H and O–H groups in total. The van der Waals surface area contributed by atoms with Gasteiger partial charge in [0.15, 0.2) is 0 Å². The van der Waals surface area contributed by atoms with Gasteiger partial charge in [-0.15, -0.1) is 0 Å². The lowest BCUT2D eigenvalue weighted by Crippen LogP contribution is -2.43. The number of H-pyrrole nitrogens is 1. The number of para-hydroxylation sites is 1. The van der Waals surface area contributed by atoms with Crippen LogP contribution in [-0.2, 0) is 21.7 Å². The van der Waals surface area contributed by atoms with Crippen molar-refractivity contribution in [2.24, 2.45) is 5.73 Å². The average molecular weight is 322 g/mol. The highest BCUT2D eigenvalue weighted by Crippen LogP contribution is 2.28. The van der Waals surface area contributed by atoms with E-state index >= 15 is 0 Å². The minimum absolute atomic E-state index is 0.219. The number of aryl methyl sites for hydroxylation is 2. The number of nitrogens with one attached hydrogen (secondary N) is 1. The highest BCUT2D eigenvalue weighted by molar-refractivity contribution is 5.92. The molecule has 4 heteroatoms. The minimum atomic E-state index is -1.21. The standard InChI is InChI=1S/C20H22N2O2/c1-13-8-14(2)10-15(9-13)12-24-19(23)20(3,21)17-11-22-18-7-5-4-6-16(17)18/h4-11,22H,12,21H2,1-3H3. The fraction of sp³-hybridized carbons (Fsp3) is 0.250. The number of aromatic amines is 1. The Morgan fingerprint density at radius 1 is 1.17 bits per heavy atom. The lowest BCUT2D eigenvalue weighted by Gasteiger charge is -2.22. The Bertz CT molecular complexity index is 873. The van der Waals surface area contributed by atoms with Crippen molar-refractivity contribution >= 4 is 16.9 Å². The van der Waals surface area contributed by atoms with E-state index in [1.54, 1.807) is 13.1 Å². The van der Waals surface area contributed by atoms with Gasteiger partial charge < -0.3 is 15.5 Å². The zero-order valence-electron chi connectivity index (χ0n) is 14.2. The Kier molecular flexibility index (Phi) is 4.16. The van der Waals surface area contributed by atoms with Gasteiger partial charge in [-0.2, -0.15) is 0 Å². The Morgan fingerprint density at radius 3 is 2.54 bits per heavy atom. The second-order valence-corrected chi connectivity index (χ2v) is 6.52. The van der Waals surface area contributed by atoms with E-state index in [1.807, 2.05) is 50.2 Å². The molecule has 2 aromatic carbocycles. The van der Waals surface area contributed by atoms with Crippen LogP contribution in [0, 0.1) is 13.8 Å². The fourth-order valence-corrected chi connectivity index (χ4v) is 3.06. The summed E-state index contributed by atoms with van der Waals surface area (Å²) in [5.74, 6) is -0.439. The van der Waals surface area contributed by atoms with Crippen molar-refractivity contribution in [2.75, 3.05) is 0 Å². The zero-order chi connectivity index (χ0) is 17.3. The fourth-order valence-electron chi connectivity index (χ4n) is 3.06. The van der Waals surface area contributed by atoms with Gasteiger partial charge in [0.2, 0.25) is 0 Å². The molecule has 0 bridgehead atoms. The van der Waals surface area contributed by atoms with Crippen LogP contribution in [0.2, 0.25) is 0 Å². The number of ether oxygens (including phenoxy) is 1. The SMILES string of the molecule is Cc1cc(C)cc(COC(=O)C(C)(N)c2c[nH]c3ccccc23)c1. The number of hydrogen-bond donors (Lipinski definition) is 2. The molecule has 1 atom stereocenters. The van der Waals surface area contributed by atoms with E-state index in [0.717, 1.165) is 33.2 Å². The summed E-state index contributed by atoms with van der Waals surface area (Å²) in [4.78, 5) is 15.7. The van der Waals surface area contributed by atoms with Crippen molar-refractivity contribution < 1.29 is 9.53 Å². The summed E-state index contributed by atoms with van der Waals surface area (Å²) in [6.07, 6.45) is 1.78. The summed E-state index contributed by atoms with van der Waals surface area (Å²) in [6, 6.07) is 13.9. The van der Waals surface area contributed by atoms with E-state index in [2.05, 4.69) is 11.1 Å². The van der Waals surface area contributed by atoms with Crippen LogP contribution in [0.3, 0.4) is 0 Å². The maximum Gasteiger partial charge on any atom is 0.330 e. The quantitative estimate of drug-likeness (QED) is 0.720. The normalized spacial score (nSPS) is 13.7. The van der Waals surface area contributed by atoms with Gasteiger partial charge in [-0.1, -0.05) is 47.5 Å². The summed E-state index contributed by atoms with van der Waals surface area (Å²) < 4.78 is 5.50. The van der Waals surface area contributed by atoms with Gasteiger partial charge in [0.05, 0.1) is 0 Å². The molecular weight excluding hydrogens is 300 g/mol. The summed E-state index contributed by atoms with van der Waals surface area (Å²) in [5, 5.41) is 0.936. The van der Waals surface area contributed by atoms with Crippen LogP contribution >= 0.6 is 0 Å².